The Morgan fingerprint density at radius 1 is 1.36 bits per heavy atom. The molecule has 1 aromatic rings. The van der Waals surface area contributed by atoms with Crippen LogP contribution in [0.1, 0.15) is 19.3 Å². The molecule has 76 valence electrons. The summed E-state index contributed by atoms with van der Waals surface area (Å²) >= 11 is 0. The fraction of sp³-hybridized carbons (Fsp3) is 0.444. The zero-order chi connectivity index (χ0) is 10.2. The molecule has 0 aliphatic rings. The molecule has 1 aromatic heterocycles. The molecule has 0 saturated heterocycles. The van der Waals surface area contributed by atoms with E-state index in [1.807, 2.05) is 0 Å². The predicted octanol–water partition coefficient (Wildman–Crippen LogP) is 1.14. The molecule has 2 N–H and O–H groups in total. The first-order valence-corrected chi connectivity index (χ1v) is 4.52. The fourth-order valence-electron chi connectivity index (χ4n) is 0.992. The van der Waals surface area contributed by atoms with Crippen molar-refractivity contribution in [1.82, 2.24) is 9.97 Å². The van der Waals surface area contributed by atoms with Crippen molar-refractivity contribution in [2.75, 3.05) is 11.9 Å². The Balaban J connectivity index is 2.08. The van der Waals surface area contributed by atoms with E-state index in [2.05, 4.69) is 15.3 Å². The number of nitrogens with one attached hydrogen (secondary N) is 1. The van der Waals surface area contributed by atoms with Crippen LogP contribution in [0.4, 0.5) is 5.95 Å². The lowest BCUT2D eigenvalue weighted by Gasteiger charge is -2.02. The summed E-state index contributed by atoms with van der Waals surface area (Å²) in [6.45, 7) is 0.706. The molecule has 0 bridgehead atoms. The van der Waals surface area contributed by atoms with E-state index in [1.54, 1.807) is 18.5 Å². The minimum Gasteiger partial charge on any atom is -0.481 e. The van der Waals surface area contributed by atoms with Gasteiger partial charge in [-0.1, -0.05) is 0 Å². The van der Waals surface area contributed by atoms with Gasteiger partial charge in [0.15, 0.2) is 0 Å². The van der Waals surface area contributed by atoms with Gasteiger partial charge in [0.25, 0.3) is 0 Å². The molecule has 1 rings (SSSR count). The normalized spacial score (nSPS) is 9.71. The maximum Gasteiger partial charge on any atom is 0.303 e. The zero-order valence-corrected chi connectivity index (χ0v) is 7.81. The molecule has 0 amide bonds. The van der Waals surface area contributed by atoms with E-state index in [9.17, 15) is 4.79 Å². The van der Waals surface area contributed by atoms with Gasteiger partial charge in [-0.15, -0.1) is 0 Å². The van der Waals surface area contributed by atoms with Crippen molar-refractivity contribution in [2.45, 2.75) is 19.3 Å². The highest BCUT2D eigenvalue weighted by molar-refractivity contribution is 5.66. The Kier molecular flexibility index (Phi) is 4.40. The van der Waals surface area contributed by atoms with Crippen LogP contribution in [-0.4, -0.2) is 27.6 Å². The van der Waals surface area contributed by atoms with Gasteiger partial charge in [-0.05, 0) is 18.9 Å². The Bertz CT molecular complexity index is 277. The van der Waals surface area contributed by atoms with Gasteiger partial charge >= 0.3 is 5.97 Å². The third-order valence-electron chi connectivity index (χ3n) is 1.67. The molecule has 14 heavy (non-hydrogen) atoms. The number of hydrogen-bond acceptors (Lipinski definition) is 4. The molecule has 5 nitrogen and oxygen atoms in total. The lowest BCUT2D eigenvalue weighted by molar-refractivity contribution is -0.137. The molecule has 0 aliphatic heterocycles. The molecule has 0 unspecified atom stereocenters. The van der Waals surface area contributed by atoms with Crippen molar-refractivity contribution in [1.29, 1.82) is 0 Å². The number of hydrogen-bond donors (Lipinski definition) is 2. The van der Waals surface area contributed by atoms with Crippen LogP contribution in [-0.2, 0) is 4.79 Å². The first-order valence-electron chi connectivity index (χ1n) is 4.52. The van der Waals surface area contributed by atoms with Crippen molar-refractivity contribution in [3.8, 4) is 0 Å². The van der Waals surface area contributed by atoms with Crippen LogP contribution in [0.25, 0.3) is 0 Å². The summed E-state index contributed by atoms with van der Waals surface area (Å²) in [5, 5.41) is 11.4. The summed E-state index contributed by atoms with van der Waals surface area (Å²) in [6.07, 6.45) is 5.02. The lowest BCUT2D eigenvalue weighted by Crippen LogP contribution is -2.05. The number of anilines is 1. The van der Waals surface area contributed by atoms with Crippen LogP contribution in [0, 0.1) is 0 Å². The molecule has 0 atom stereocenters. The summed E-state index contributed by atoms with van der Waals surface area (Å²) < 4.78 is 0. The minimum absolute atomic E-state index is 0.220. The van der Waals surface area contributed by atoms with E-state index in [0.717, 1.165) is 6.42 Å². The topological polar surface area (TPSA) is 75.1 Å². The van der Waals surface area contributed by atoms with E-state index in [1.165, 1.54) is 0 Å². The summed E-state index contributed by atoms with van der Waals surface area (Å²) in [6, 6.07) is 1.75. The number of aliphatic carboxylic acids is 1. The monoisotopic (exact) mass is 195 g/mol. The van der Waals surface area contributed by atoms with Crippen LogP contribution < -0.4 is 5.32 Å². The zero-order valence-electron chi connectivity index (χ0n) is 7.81. The molecule has 0 saturated carbocycles. The van der Waals surface area contributed by atoms with Crippen LogP contribution >= 0.6 is 0 Å². The molecule has 0 fully saturated rings. The predicted molar refractivity (Wildman–Crippen MR) is 52.0 cm³/mol. The highest BCUT2D eigenvalue weighted by Crippen LogP contribution is 1.98. The van der Waals surface area contributed by atoms with Crippen molar-refractivity contribution in [2.24, 2.45) is 0 Å². The van der Waals surface area contributed by atoms with Gasteiger partial charge in [0.05, 0.1) is 0 Å². The third-order valence-corrected chi connectivity index (χ3v) is 1.67. The van der Waals surface area contributed by atoms with Gasteiger partial charge < -0.3 is 10.4 Å². The summed E-state index contributed by atoms with van der Waals surface area (Å²) in [5.41, 5.74) is 0. The van der Waals surface area contributed by atoms with Crippen molar-refractivity contribution < 1.29 is 9.90 Å². The van der Waals surface area contributed by atoms with E-state index < -0.39 is 5.97 Å². The van der Waals surface area contributed by atoms with Crippen LogP contribution in [0.5, 0.6) is 0 Å². The Morgan fingerprint density at radius 2 is 2.07 bits per heavy atom. The molecule has 5 heteroatoms. The molecular formula is C9H13N3O2. The smallest absolute Gasteiger partial charge is 0.303 e. The van der Waals surface area contributed by atoms with E-state index in [4.69, 9.17) is 5.11 Å². The Hall–Kier alpha value is -1.65. The average molecular weight is 195 g/mol. The molecule has 0 aliphatic carbocycles. The van der Waals surface area contributed by atoms with Crippen LogP contribution in [0.15, 0.2) is 18.5 Å². The Labute approximate surface area is 82.2 Å². The van der Waals surface area contributed by atoms with Gasteiger partial charge in [-0.2, -0.15) is 0 Å². The van der Waals surface area contributed by atoms with Crippen molar-refractivity contribution >= 4 is 11.9 Å². The van der Waals surface area contributed by atoms with E-state index in [0.29, 0.717) is 18.9 Å². The van der Waals surface area contributed by atoms with Gasteiger partial charge in [-0.3, -0.25) is 4.79 Å². The van der Waals surface area contributed by atoms with Gasteiger partial charge in [-0.25, -0.2) is 9.97 Å². The van der Waals surface area contributed by atoms with Crippen LogP contribution in [0.3, 0.4) is 0 Å². The summed E-state index contributed by atoms with van der Waals surface area (Å²) in [7, 11) is 0. The first kappa shape index (κ1) is 10.4. The van der Waals surface area contributed by atoms with Crippen molar-refractivity contribution in [3.63, 3.8) is 0 Å². The highest BCUT2D eigenvalue weighted by Gasteiger charge is 1.96. The second-order valence-electron chi connectivity index (χ2n) is 2.85. The summed E-state index contributed by atoms with van der Waals surface area (Å²) in [5.74, 6) is -0.163. The highest BCUT2D eigenvalue weighted by atomic mass is 16.4. The van der Waals surface area contributed by atoms with E-state index in [-0.39, 0.29) is 6.42 Å². The molecule has 0 aromatic carbocycles. The van der Waals surface area contributed by atoms with Gasteiger partial charge in [0.1, 0.15) is 0 Å². The first-order chi connectivity index (χ1) is 6.79. The molecular weight excluding hydrogens is 182 g/mol. The number of carboxylic acids is 1. The second kappa shape index (κ2) is 5.90. The lowest BCUT2D eigenvalue weighted by atomic mass is 10.2. The summed E-state index contributed by atoms with van der Waals surface area (Å²) in [4.78, 5) is 18.1. The SMILES string of the molecule is O=C(O)CCCCNc1ncccn1. The maximum absolute atomic E-state index is 10.2. The van der Waals surface area contributed by atoms with Crippen LogP contribution in [0.2, 0.25) is 0 Å². The average Bonchev–Trinajstić information content (AvgIpc) is 2.18. The third kappa shape index (κ3) is 4.39. The number of nitrogens with zero attached hydrogens (tertiary/aromatic N) is 2. The maximum atomic E-state index is 10.2. The number of unbranched alkanes of at least 4 members (excludes halogenated alkanes) is 1. The molecule has 0 radical (unpaired) electrons. The van der Waals surface area contributed by atoms with Gasteiger partial charge in [0, 0.05) is 25.4 Å². The Morgan fingerprint density at radius 3 is 2.71 bits per heavy atom. The quantitative estimate of drug-likeness (QED) is 0.666. The van der Waals surface area contributed by atoms with E-state index >= 15 is 0 Å². The number of carbonyl (C=O) groups is 1. The molecule has 1 heterocycles. The fourth-order valence-corrected chi connectivity index (χ4v) is 0.992. The van der Waals surface area contributed by atoms with Crippen molar-refractivity contribution in [3.05, 3.63) is 18.5 Å². The van der Waals surface area contributed by atoms with Gasteiger partial charge in [0.2, 0.25) is 5.95 Å². The number of carboxylic acid groups (broad SMARTS) is 1. The number of aromatic nitrogens is 2. The molecule has 0 spiro atoms. The second-order valence-corrected chi connectivity index (χ2v) is 2.85. The standard InChI is InChI=1S/C9H13N3O2/c13-8(14)4-1-2-5-10-9-11-6-3-7-12-9/h3,6-7H,1-2,4-5H2,(H,13,14)(H,10,11,12). The largest absolute Gasteiger partial charge is 0.481 e. The number of rotatable bonds is 6. The minimum atomic E-state index is -0.749.